The molecule has 0 fully saturated rings. The molecule has 7 rings (SSSR count). The van der Waals surface area contributed by atoms with Crippen molar-refractivity contribution in [1.82, 2.24) is 19.3 Å². The van der Waals surface area contributed by atoms with E-state index < -0.39 is 0 Å². The van der Waals surface area contributed by atoms with E-state index in [4.69, 9.17) is 9.84 Å². The minimum absolute atomic E-state index is 0.0956. The molecule has 41 heavy (non-hydrogen) atoms. The highest BCUT2D eigenvalue weighted by Crippen LogP contribution is 2.49. The van der Waals surface area contributed by atoms with Crippen LogP contribution in [0.25, 0.3) is 43.7 Å². The van der Waals surface area contributed by atoms with Crippen LogP contribution in [0.2, 0.25) is 0 Å². The van der Waals surface area contributed by atoms with Gasteiger partial charge in [0.1, 0.15) is 5.75 Å². The minimum Gasteiger partial charge on any atom is -0.494 e. The van der Waals surface area contributed by atoms with Gasteiger partial charge in [-0.05, 0) is 75.4 Å². The lowest BCUT2D eigenvalue weighted by Gasteiger charge is -2.21. The summed E-state index contributed by atoms with van der Waals surface area (Å²) in [4.78, 5) is 15.9. The summed E-state index contributed by atoms with van der Waals surface area (Å²) in [6, 6.07) is 12.2. The quantitative estimate of drug-likeness (QED) is 0.224. The monoisotopic (exact) mass is 547 g/mol. The van der Waals surface area contributed by atoms with E-state index >= 15 is 0 Å². The summed E-state index contributed by atoms with van der Waals surface area (Å²) in [5.41, 5.74) is 9.55. The number of fused-ring (bicyclic) bond motifs is 10. The number of H-pyrrole nitrogens is 1. The third-order valence-electron chi connectivity index (χ3n) is 8.36. The van der Waals surface area contributed by atoms with E-state index in [1.54, 1.807) is 0 Å². The molecule has 1 amide bonds. The number of aromatic nitrogens is 4. The van der Waals surface area contributed by atoms with Crippen molar-refractivity contribution in [3.05, 3.63) is 71.2 Å². The zero-order valence-electron chi connectivity index (χ0n) is 23.9. The largest absolute Gasteiger partial charge is 0.494 e. The Labute approximate surface area is 237 Å². The van der Waals surface area contributed by atoms with Crippen molar-refractivity contribution in [2.45, 2.75) is 46.6 Å². The molecule has 1 aliphatic carbocycles. The second kappa shape index (κ2) is 9.16. The molecule has 0 atom stereocenters. The molecule has 8 heteroatoms. The number of nitrogens with one attached hydrogen (secondary N) is 2. The van der Waals surface area contributed by atoms with E-state index in [1.165, 1.54) is 11.1 Å². The lowest BCUT2D eigenvalue weighted by atomic mass is 9.85. The molecule has 0 saturated heterocycles. The standard InChI is InChI=1S/C33H33N5O3/c1-17(2)38-26-12-9-20(41-16-27(39)35-31-18(3)7-6-8-19(31)4)13-22(26)29-23-14-34-33(40)30(23)28-21(32(29)38)10-11-25-24(28)15-37(5)36-25/h6-9,12-15,17,34,40H,10-11,16H2,1-5H3,(H,35,39). The molecule has 3 aromatic heterocycles. The van der Waals surface area contributed by atoms with Crippen molar-refractivity contribution < 1.29 is 14.6 Å². The molecular weight excluding hydrogens is 514 g/mol. The Balaban J connectivity index is 1.37. The number of para-hydroxylation sites is 1. The maximum atomic E-state index is 12.8. The highest BCUT2D eigenvalue weighted by molar-refractivity contribution is 6.26. The highest BCUT2D eigenvalue weighted by atomic mass is 16.5. The van der Waals surface area contributed by atoms with Crippen LogP contribution in [0.3, 0.4) is 0 Å². The van der Waals surface area contributed by atoms with Crippen molar-refractivity contribution in [2.75, 3.05) is 11.9 Å². The first-order valence-corrected chi connectivity index (χ1v) is 14.1. The molecule has 0 bridgehead atoms. The molecule has 208 valence electrons. The van der Waals surface area contributed by atoms with Gasteiger partial charge in [-0.15, -0.1) is 0 Å². The molecule has 6 aromatic rings. The van der Waals surface area contributed by atoms with Crippen LogP contribution in [0.15, 0.2) is 48.8 Å². The van der Waals surface area contributed by atoms with Gasteiger partial charge in [-0.2, -0.15) is 5.10 Å². The minimum atomic E-state index is -0.202. The maximum absolute atomic E-state index is 12.8. The summed E-state index contributed by atoms with van der Waals surface area (Å²) in [5.74, 6) is 0.583. The Hall–Kier alpha value is -4.72. The Morgan fingerprint density at radius 1 is 1.12 bits per heavy atom. The van der Waals surface area contributed by atoms with E-state index in [-0.39, 0.29) is 24.4 Å². The zero-order chi connectivity index (χ0) is 28.6. The second-order valence-electron chi connectivity index (χ2n) is 11.4. The molecule has 1 aliphatic rings. The zero-order valence-corrected chi connectivity index (χ0v) is 23.9. The lowest BCUT2D eigenvalue weighted by Crippen LogP contribution is -2.21. The van der Waals surface area contributed by atoms with Gasteiger partial charge in [0.25, 0.3) is 5.91 Å². The Morgan fingerprint density at radius 3 is 2.66 bits per heavy atom. The van der Waals surface area contributed by atoms with Crippen molar-refractivity contribution in [1.29, 1.82) is 0 Å². The van der Waals surface area contributed by atoms with Crippen molar-refractivity contribution in [2.24, 2.45) is 7.05 Å². The summed E-state index contributed by atoms with van der Waals surface area (Å²) in [6.07, 6.45) is 5.64. The van der Waals surface area contributed by atoms with Crippen LogP contribution in [-0.4, -0.2) is 37.0 Å². The fourth-order valence-corrected chi connectivity index (χ4v) is 6.67. The number of rotatable bonds is 5. The fourth-order valence-electron chi connectivity index (χ4n) is 6.67. The molecule has 3 heterocycles. The van der Waals surface area contributed by atoms with Crippen LogP contribution in [-0.2, 0) is 24.7 Å². The SMILES string of the molecule is Cc1cccc(C)c1NC(=O)COc1ccc2c(c1)c1c3c[nH]c(O)c3c3c(c1n2C(C)C)CCc1nn(C)cc1-3. The third kappa shape index (κ3) is 3.81. The average molecular weight is 548 g/mol. The van der Waals surface area contributed by atoms with Gasteiger partial charge in [-0.3, -0.25) is 9.48 Å². The van der Waals surface area contributed by atoms with Crippen LogP contribution in [0.5, 0.6) is 11.6 Å². The molecule has 0 saturated carbocycles. The number of anilines is 1. The predicted molar refractivity (Wildman–Crippen MR) is 163 cm³/mol. The first-order chi connectivity index (χ1) is 19.7. The van der Waals surface area contributed by atoms with E-state index in [0.717, 1.165) is 73.5 Å². The van der Waals surface area contributed by atoms with E-state index in [9.17, 15) is 9.90 Å². The molecule has 3 aromatic carbocycles. The fraction of sp³-hybridized carbons (Fsp3) is 0.273. The van der Waals surface area contributed by atoms with Crippen LogP contribution in [0.1, 0.15) is 42.3 Å². The number of carbonyl (C=O) groups excluding carboxylic acids is 1. The summed E-state index contributed by atoms with van der Waals surface area (Å²) in [5, 5.41) is 22.6. The number of aromatic amines is 1. The average Bonchev–Trinajstić information content (AvgIpc) is 3.61. The number of nitrogens with zero attached hydrogens (tertiary/aromatic N) is 3. The molecule has 0 aliphatic heterocycles. The summed E-state index contributed by atoms with van der Waals surface area (Å²) in [6.45, 7) is 8.27. The third-order valence-corrected chi connectivity index (χ3v) is 8.36. The molecule has 0 unspecified atom stereocenters. The van der Waals surface area contributed by atoms with Gasteiger partial charge in [-0.25, -0.2) is 0 Å². The van der Waals surface area contributed by atoms with Crippen molar-refractivity contribution in [3.8, 4) is 22.8 Å². The van der Waals surface area contributed by atoms with Gasteiger partial charge in [0.15, 0.2) is 12.5 Å². The number of hydrogen-bond acceptors (Lipinski definition) is 4. The van der Waals surface area contributed by atoms with E-state index in [1.807, 2.05) is 62.1 Å². The molecular formula is C33H33N5O3. The number of ether oxygens (including phenoxy) is 1. The Kier molecular flexibility index (Phi) is 5.64. The van der Waals surface area contributed by atoms with E-state index in [2.05, 4.69) is 41.0 Å². The maximum Gasteiger partial charge on any atom is 0.262 e. The van der Waals surface area contributed by atoms with Gasteiger partial charge in [0.2, 0.25) is 0 Å². The predicted octanol–water partition coefficient (Wildman–Crippen LogP) is 6.70. The highest BCUT2D eigenvalue weighted by Gasteiger charge is 2.30. The van der Waals surface area contributed by atoms with Crippen molar-refractivity contribution in [3.63, 3.8) is 0 Å². The molecule has 0 radical (unpaired) electrons. The summed E-state index contributed by atoms with van der Waals surface area (Å²) < 4.78 is 10.3. The van der Waals surface area contributed by atoms with Crippen LogP contribution in [0.4, 0.5) is 5.69 Å². The van der Waals surface area contributed by atoms with Gasteiger partial charge in [0.05, 0.1) is 16.6 Å². The van der Waals surface area contributed by atoms with Crippen LogP contribution < -0.4 is 10.1 Å². The van der Waals surface area contributed by atoms with Crippen LogP contribution >= 0.6 is 0 Å². The summed E-state index contributed by atoms with van der Waals surface area (Å²) in [7, 11) is 1.94. The first kappa shape index (κ1) is 25.3. The number of carbonyl (C=O) groups is 1. The lowest BCUT2D eigenvalue weighted by molar-refractivity contribution is -0.118. The van der Waals surface area contributed by atoms with Crippen LogP contribution in [0, 0.1) is 13.8 Å². The second-order valence-corrected chi connectivity index (χ2v) is 11.4. The van der Waals surface area contributed by atoms with Gasteiger partial charge < -0.3 is 24.7 Å². The normalized spacial score (nSPS) is 12.8. The van der Waals surface area contributed by atoms with E-state index in [0.29, 0.717) is 5.75 Å². The molecule has 0 spiro atoms. The first-order valence-electron chi connectivity index (χ1n) is 14.1. The van der Waals surface area contributed by atoms with Crippen molar-refractivity contribution >= 4 is 44.2 Å². The Morgan fingerprint density at radius 2 is 1.90 bits per heavy atom. The number of hydrogen-bond donors (Lipinski definition) is 3. The Bertz CT molecular complexity index is 2000. The molecule has 3 N–H and O–H groups in total. The topological polar surface area (TPSA) is 97.1 Å². The number of aryl methyl sites for hydroxylation is 5. The van der Waals surface area contributed by atoms with Gasteiger partial charge >= 0.3 is 0 Å². The smallest absolute Gasteiger partial charge is 0.262 e. The summed E-state index contributed by atoms with van der Waals surface area (Å²) >= 11 is 0. The van der Waals surface area contributed by atoms with Gasteiger partial charge in [0, 0.05) is 64.0 Å². The molecule has 8 nitrogen and oxygen atoms in total. The number of benzene rings is 3. The van der Waals surface area contributed by atoms with Gasteiger partial charge in [-0.1, -0.05) is 18.2 Å². The number of amides is 1. The number of aromatic hydroxyl groups is 1.